The SMILES string of the molecule is CCOC(=O)C(C)(CCN1CCC(OC)CC1)NC(C)C. The summed E-state index contributed by atoms with van der Waals surface area (Å²) in [5.74, 6) is -0.148. The summed E-state index contributed by atoms with van der Waals surface area (Å²) in [6, 6.07) is 0.249. The smallest absolute Gasteiger partial charge is 0.326 e. The van der Waals surface area contributed by atoms with E-state index >= 15 is 0 Å². The van der Waals surface area contributed by atoms with Crippen LogP contribution in [0.1, 0.15) is 47.0 Å². The van der Waals surface area contributed by atoms with Gasteiger partial charge in [-0.05, 0) is 47.0 Å². The molecule has 1 N–H and O–H groups in total. The van der Waals surface area contributed by atoms with E-state index in [0.29, 0.717) is 12.7 Å². The van der Waals surface area contributed by atoms with E-state index in [1.54, 1.807) is 7.11 Å². The van der Waals surface area contributed by atoms with Crippen molar-refractivity contribution >= 4 is 5.97 Å². The van der Waals surface area contributed by atoms with Crippen LogP contribution in [0.2, 0.25) is 0 Å². The summed E-state index contributed by atoms with van der Waals surface area (Å²) in [5, 5.41) is 3.37. The van der Waals surface area contributed by atoms with Crippen molar-refractivity contribution in [1.29, 1.82) is 0 Å². The molecule has 0 aliphatic carbocycles. The van der Waals surface area contributed by atoms with Crippen LogP contribution in [-0.4, -0.2) is 61.9 Å². The Labute approximate surface area is 129 Å². The van der Waals surface area contributed by atoms with Gasteiger partial charge in [-0.2, -0.15) is 0 Å². The summed E-state index contributed by atoms with van der Waals surface area (Å²) in [7, 11) is 1.78. The Morgan fingerprint density at radius 2 is 2.00 bits per heavy atom. The zero-order chi connectivity index (χ0) is 15.9. The lowest BCUT2D eigenvalue weighted by molar-refractivity contribution is -0.151. The summed E-state index contributed by atoms with van der Waals surface area (Å²) in [6.07, 6.45) is 3.31. The van der Waals surface area contributed by atoms with Crippen LogP contribution in [0.5, 0.6) is 0 Å². The molecule has 0 aromatic rings. The molecule has 21 heavy (non-hydrogen) atoms. The molecule has 5 heteroatoms. The number of methoxy groups -OCH3 is 1. The summed E-state index contributed by atoms with van der Waals surface area (Å²) in [6.45, 7) is 11.3. The minimum Gasteiger partial charge on any atom is -0.465 e. The van der Waals surface area contributed by atoms with Crippen molar-refractivity contribution in [3.8, 4) is 0 Å². The Hall–Kier alpha value is -0.650. The Balaban J connectivity index is 2.51. The molecule has 0 saturated carbocycles. The van der Waals surface area contributed by atoms with Gasteiger partial charge in [0.1, 0.15) is 5.54 Å². The van der Waals surface area contributed by atoms with E-state index in [4.69, 9.17) is 9.47 Å². The minimum absolute atomic E-state index is 0.148. The van der Waals surface area contributed by atoms with Gasteiger partial charge in [0, 0.05) is 32.8 Å². The van der Waals surface area contributed by atoms with Crippen molar-refractivity contribution < 1.29 is 14.3 Å². The summed E-state index contributed by atoms with van der Waals surface area (Å²) < 4.78 is 10.6. The lowest BCUT2D eigenvalue weighted by Crippen LogP contribution is -2.55. The zero-order valence-electron chi connectivity index (χ0n) is 14.3. The van der Waals surface area contributed by atoms with E-state index in [2.05, 4.69) is 24.1 Å². The maximum absolute atomic E-state index is 12.2. The number of nitrogens with zero attached hydrogens (tertiary/aromatic N) is 1. The van der Waals surface area contributed by atoms with Gasteiger partial charge in [0.05, 0.1) is 12.7 Å². The van der Waals surface area contributed by atoms with E-state index in [-0.39, 0.29) is 12.0 Å². The number of hydrogen-bond donors (Lipinski definition) is 1. The molecule has 0 aromatic heterocycles. The summed E-state index contributed by atoms with van der Waals surface area (Å²) in [5.41, 5.74) is -0.609. The third-order valence-electron chi connectivity index (χ3n) is 4.13. The molecule has 0 bridgehead atoms. The lowest BCUT2D eigenvalue weighted by atomic mass is 9.95. The van der Waals surface area contributed by atoms with Crippen LogP contribution in [0.15, 0.2) is 0 Å². The fourth-order valence-electron chi connectivity index (χ4n) is 2.91. The second-order valence-corrected chi connectivity index (χ2v) is 6.38. The van der Waals surface area contributed by atoms with Gasteiger partial charge in [-0.15, -0.1) is 0 Å². The largest absolute Gasteiger partial charge is 0.465 e. The number of rotatable bonds is 8. The first-order valence-electron chi connectivity index (χ1n) is 8.11. The molecular formula is C16H32N2O3. The molecule has 0 aromatic carbocycles. The standard InChI is InChI=1S/C16H32N2O3/c1-6-21-15(19)16(4,17-13(2)3)9-12-18-10-7-14(20-5)8-11-18/h13-14,17H,6-12H2,1-5H3. The molecule has 0 amide bonds. The fourth-order valence-corrected chi connectivity index (χ4v) is 2.91. The third kappa shape index (κ3) is 5.93. The summed E-state index contributed by atoms with van der Waals surface area (Å²) in [4.78, 5) is 14.7. The number of nitrogens with one attached hydrogen (secondary N) is 1. The molecule has 1 aliphatic rings. The topological polar surface area (TPSA) is 50.8 Å². The Morgan fingerprint density at radius 1 is 1.38 bits per heavy atom. The van der Waals surface area contributed by atoms with Crippen LogP contribution >= 0.6 is 0 Å². The van der Waals surface area contributed by atoms with Crippen LogP contribution in [0, 0.1) is 0 Å². The van der Waals surface area contributed by atoms with Gasteiger partial charge in [0.2, 0.25) is 0 Å². The highest BCUT2D eigenvalue weighted by atomic mass is 16.5. The number of carbonyl (C=O) groups is 1. The van der Waals surface area contributed by atoms with Crippen molar-refractivity contribution in [1.82, 2.24) is 10.2 Å². The monoisotopic (exact) mass is 300 g/mol. The Bertz CT molecular complexity index is 315. The van der Waals surface area contributed by atoms with E-state index < -0.39 is 5.54 Å². The summed E-state index contributed by atoms with van der Waals surface area (Å²) >= 11 is 0. The quantitative estimate of drug-likeness (QED) is 0.693. The number of ether oxygens (including phenoxy) is 2. The number of carbonyl (C=O) groups excluding carboxylic acids is 1. The molecule has 1 fully saturated rings. The zero-order valence-corrected chi connectivity index (χ0v) is 14.3. The molecule has 0 spiro atoms. The van der Waals surface area contributed by atoms with Crippen LogP contribution in [0.25, 0.3) is 0 Å². The molecule has 5 nitrogen and oxygen atoms in total. The van der Waals surface area contributed by atoms with E-state index in [9.17, 15) is 4.79 Å². The number of hydrogen-bond acceptors (Lipinski definition) is 5. The Kier molecular flexibility index (Phi) is 7.63. The first-order chi connectivity index (χ1) is 9.91. The molecule has 0 radical (unpaired) electrons. The maximum atomic E-state index is 12.2. The fraction of sp³-hybridized carbons (Fsp3) is 0.938. The molecule has 1 atom stereocenters. The second-order valence-electron chi connectivity index (χ2n) is 6.38. The predicted octanol–water partition coefficient (Wildman–Crippen LogP) is 1.81. The molecule has 1 heterocycles. The van der Waals surface area contributed by atoms with Gasteiger partial charge >= 0.3 is 5.97 Å². The normalized spacial score (nSPS) is 20.5. The molecule has 1 aliphatic heterocycles. The molecule has 1 rings (SSSR count). The average Bonchev–Trinajstić information content (AvgIpc) is 2.45. The highest BCUT2D eigenvalue weighted by Gasteiger charge is 2.35. The number of likely N-dealkylation sites (tertiary alicyclic amines) is 1. The van der Waals surface area contributed by atoms with Crippen molar-refractivity contribution in [2.24, 2.45) is 0 Å². The van der Waals surface area contributed by atoms with Gasteiger partial charge in [-0.3, -0.25) is 10.1 Å². The van der Waals surface area contributed by atoms with Crippen molar-refractivity contribution in [2.45, 2.75) is 64.6 Å². The van der Waals surface area contributed by atoms with E-state index in [1.807, 2.05) is 13.8 Å². The van der Waals surface area contributed by atoms with Crippen molar-refractivity contribution in [3.05, 3.63) is 0 Å². The average molecular weight is 300 g/mol. The van der Waals surface area contributed by atoms with E-state index in [0.717, 1.165) is 38.9 Å². The highest BCUT2D eigenvalue weighted by molar-refractivity contribution is 5.80. The highest BCUT2D eigenvalue weighted by Crippen LogP contribution is 2.18. The van der Waals surface area contributed by atoms with Crippen LogP contribution in [-0.2, 0) is 14.3 Å². The molecule has 1 unspecified atom stereocenters. The lowest BCUT2D eigenvalue weighted by Gasteiger charge is -2.35. The van der Waals surface area contributed by atoms with Crippen molar-refractivity contribution in [3.63, 3.8) is 0 Å². The number of piperidine rings is 1. The van der Waals surface area contributed by atoms with Crippen LogP contribution in [0.3, 0.4) is 0 Å². The molecular weight excluding hydrogens is 268 g/mol. The van der Waals surface area contributed by atoms with Gasteiger partial charge in [0.15, 0.2) is 0 Å². The van der Waals surface area contributed by atoms with Gasteiger partial charge in [-0.1, -0.05) is 0 Å². The maximum Gasteiger partial charge on any atom is 0.326 e. The van der Waals surface area contributed by atoms with Gasteiger partial charge < -0.3 is 14.4 Å². The van der Waals surface area contributed by atoms with Gasteiger partial charge in [-0.25, -0.2) is 0 Å². The van der Waals surface area contributed by atoms with Crippen LogP contribution < -0.4 is 5.32 Å². The third-order valence-corrected chi connectivity index (χ3v) is 4.13. The first kappa shape index (κ1) is 18.4. The van der Waals surface area contributed by atoms with E-state index in [1.165, 1.54) is 0 Å². The molecule has 124 valence electrons. The predicted molar refractivity (Wildman–Crippen MR) is 84.4 cm³/mol. The Morgan fingerprint density at radius 3 is 2.48 bits per heavy atom. The first-order valence-corrected chi connectivity index (χ1v) is 8.11. The van der Waals surface area contributed by atoms with Crippen molar-refractivity contribution in [2.75, 3.05) is 33.4 Å². The minimum atomic E-state index is -0.609. The second kappa shape index (κ2) is 8.71. The molecule has 1 saturated heterocycles. The number of esters is 1. The van der Waals surface area contributed by atoms with Crippen LogP contribution in [0.4, 0.5) is 0 Å². The van der Waals surface area contributed by atoms with Gasteiger partial charge in [0.25, 0.3) is 0 Å².